The summed E-state index contributed by atoms with van der Waals surface area (Å²) >= 11 is 7.84. The molecule has 3 heterocycles. The number of fused-ring (bicyclic) bond motifs is 2. The maximum absolute atomic E-state index is 13.0. The second kappa shape index (κ2) is 8.46. The molecule has 4 aromatic rings. The molecule has 5 nitrogen and oxygen atoms in total. The lowest BCUT2D eigenvalue weighted by Gasteiger charge is -2.28. The van der Waals surface area contributed by atoms with E-state index in [9.17, 15) is 4.79 Å². The van der Waals surface area contributed by atoms with Crippen LogP contribution in [0.3, 0.4) is 0 Å². The van der Waals surface area contributed by atoms with Crippen LogP contribution >= 0.6 is 22.9 Å². The van der Waals surface area contributed by atoms with Gasteiger partial charge in [0.05, 0.1) is 18.5 Å². The molecule has 0 radical (unpaired) electrons. The predicted molar refractivity (Wildman–Crippen MR) is 126 cm³/mol. The van der Waals surface area contributed by atoms with Crippen molar-refractivity contribution in [3.63, 3.8) is 0 Å². The molecule has 0 aliphatic carbocycles. The number of nitrogens with one attached hydrogen (secondary N) is 1. The van der Waals surface area contributed by atoms with E-state index in [0.29, 0.717) is 29.4 Å². The Balaban J connectivity index is 1.41. The number of nitrogens with zero attached hydrogens (tertiary/aromatic N) is 2. The molecule has 158 valence electrons. The molecule has 0 saturated carbocycles. The smallest absolute Gasteiger partial charge is 0.260 e. The molecule has 5 rings (SSSR count). The molecule has 0 unspecified atom stereocenters. The largest absolute Gasteiger partial charge is 0.494 e. The van der Waals surface area contributed by atoms with Crippen molar-refractivity contribution in [2.45, 2.75) is 26.4 Å². The Hall–Kier alpha value is -2.67. The van der Waals surface area contributed by atoms with E-state index in [1.807, 2.05) is 42.6 Å². The molecule has 0 spiro atoms. The lowest BCUT2D eigenvalue weighted by atomic mass is 9.99. The molecule has 1 aliphatic rings. The normalized spacial score (nSPS) is 14.0. The average Bonchev–Trinajstić information content (AvgIpc) is 3.18. The number of aromatic nitrogens is 2. The lowest BCUT2D eigenvalue weighted by molar-refractivity contribution is 0.238. The molecule has 2 aromatic carbocycles. The Morgan fingerprint density at radius 1 is 1.19 bits per heavy atom. The lowest BCUT2D eigenvalue weighted by Crippen LogP contribution is -2.31. The van der Waals surface area contributed by atoms with Crippen molar-refractivity contribution in [3.05, 3.63) is 80.2 Å². The summed E-state index contributed by atoms with van der Waals surface area (Å²) in [4.78, 5) is 23.8. The van der Waals surface area contributed by atoms with Crippen LogP contribution in [0.1, 0.15) is 23.9 Å². The Kier molecular flexibility index (Phi) is 5.52. The fraction of sp³-hybridized carbons (Fsp3) is 0.250. The van der Waals surface area contributed by atoms with E-state index in [4.69, 9.17) is 21.3 Å². The molecular weight excluding hydrogens is 430 g/mol. The van der Waals surface area contributed by atoms with E-state index in [1.54, 1.807) is 0 Å². The highest BCUT2D eigenvalue weighted by Gasteiger charge is 2.20. The molecule has 1 aliphatic heterocycles. The summed E-state index contributed by atoms with van der Waals surface area (Å²) in [7, 11) is 0. The summed E-state index contributed by atoms with van der Waals surface area (Å²) in [6.07, 6.45) is 0.976. The molecule has 2 aromatic heterocycles. The van der Waals surface area contributed by atoms with Crippen molar-refractivity contribution < 1.29 is 4.74 Å². The highest BCUT2D eigenvalue weighted by Crippen LogP contribution is 2.35. The number of ether oxygens (including phenoxy) is 1. The second-order valence-corrected chi connectivity index (χ2v) is 8.91. The number of halogens is 1. The fourth-order valence-electron chi connectivity index (χ4n) is 4.14. The first kappa shape index (κ1) is 20.2. The van der Waals surface area contributed by atoms with Gasteiger partial charge >= 0.3 is 0 Å². The standard InChI is InChI=1S/C24H22ClN3O2S/c1-2-30-17-8-7-15-9-10-28(12-16(15)11-17)13-21-26-23(29)22-19(14-31-24(22)27-21)18-5-3-4-6-20(18)25/h3-8,11,14H,2,9-10,12-13H2,1H3,(H,26,27,29). The van der Waals surface area contributed by atoms with Gasteiger partial charge in [-0.15, -0.1) is 11.3 Å². The van der Waals surface area contributed by atoms with Gasteiger partial charge in [0.1, 0.15) is 16.4 Å². The van der Waals surface area contributed by atoms with Crippen LogP contribution < -0.4 is 10.3 Å². The minimum absolute atomic E-state index is 0.118. The van der Waals surface area contributed by atoms with Crippen molar-refractivity contribution in [2.24, 2.45) is 0 Å². The van der Waals surface area contributed by atoms with E-state index in [0.717, 1.165) is 41.2 Å². The quantitative estimate of drug-likeness (QED) is 0.449. The van der Waals surface area contributed by atoms with Gasteiger partial charge in [-0.3, -0.25) is 9.69 Å². The molecule has 0 bridgehead atoms. The van der Waals surface area contributed by atoms with Crippen molar-refractivity contribution >= 4 is 33.2 Å². The third kappa shape index (κ3) is 3.99. The van der Waals surface area contributed by atoms with Gasteiger partial charge in [0.25, 0.3) is 5.56 Å². The van der Waals surface area contributed by atoms with E-state index in [2.05, 4.69) is 22.0 Å². The van der Waals surface area contributed by atoms with Gasteiger partial charge in [-0.05, 0) is 42.7 Å². The van der Waals surface area contributed by atoms with Gasteiger partial charge in [0, 0.05) is 34.6 Å². The highest BCUT2D eigenvalue weighted by molar-refractivity contribution is 7.17. The Bertz CT molecular complexity index is 1310. The number of H-pyrrole nitrogens is 1. The van der Waals surface area contributed by atoms with Gasteiger partial charge in [0.2, 0.25) is 0 Å². The summed E-state index contributed by atoms with van der Waals surface area (Å²) in [5.41, 5.74) is 4.21. The topological polar surface area (TPSA) is 58.2 Å². The highest BCUT2D eigenvalue weighted by atomic mass is 35.5. The van der Waals surface area contributed by atoms with Gasteiger partial charge in [-0.2, -0.15) is 0 Å². The number of thiophene rings is 1. The SMILES string of the molecule is CCOc1ccc2c(c1)CN(Cc1nc3scc(-c4ccccc4Cl)c3c(=O)[nH]1)CC2. The maximum Gasteiger partial charge on any atom is 0.260 e. The molecule has 31 heavy (non-hydrogen) atoms. The Morgan fingerprint density at radius 2 is 2.06 bits per heavy atom. The van der Waals surface area contributed by atoms with E-state index < -0.39 is 0 Å². The van der Waals surface area contributed by atoms with Gasteiger partial charge in [-0.25, -0.2) is 4.98 Å². The number of hydrogen-bond donors (Lipinski definition) is 1. The number of benzene rings is 2. The number of rotatable bonds is 5. The molecule has 7 heteroatoms. The molecule has 0 atom stereocenters. The zero-order valence-electron chi connectivity index (χ0n) is 17.2. The van der Waals surface area contributed by atoms with Gasteiger partial charge in [0.15, 0.2) is 0 Å². The van der Waals surface area contributed by atoms with Crippen LogP contribution in [-0.2, 0) is 19.5 Å². The molecule has 1 N–H and O–H groups in total. The third-order valence-electron chi connectivity index (χ3n) is 5.61. The average molecular weight is 452 g/mol. The van der Waals surface area contributed by atoms with Crippen molar-refractivity contribution in [1.82, 2.24) is 14.9 Å². The monoisotopic (exact) mass is 451 g/mol. The van der Waals surface area contributed by atoms with Crippen LogP contribution in [0.25, 0.3) is 21.3 Å². The minimum Gasteiger partial charge on any atom is -0.494 e. The second-order valence-electron chi connectivity index (χ2n) is 7.65. The molecular formula is C24H22ClN3O2S. The first-order valence-electron chi connectivity index (χ1n) is 10.3. The van der Waals surface area contributed by atoms with Gasteiger partial charge in [-0.1, -0.05) is 35.9 Å². The first-order valence-corrected chi connectivity index (χ1v) is 11.6. The van der Waals surface area contributed by atoms with Crippen LogP contribution in [0.4, 0.5) is 0 Å². The van der Waals surface area contributed by atoms with Crippen molar-refractivity contribution in [1.29, 1.82) is 0 Å². The van der Waals surface area contributed by atoms with E-state index in [1.165, 1.54) is 22.5 Å². The van der Waals surface area contributed by atoms with Crippen molar-refractivity contribution in [2.75, 3.05) is 13.2 Å². The van der Waals surface area contributed by atoms with E-state index in [-0.39, 0.29) is 5.56 Å². The zero-order valence-corrected chi connectivity index (χ0v) is 18.7. The summed E-state index contributed by atoms with van der Waals surface area (Å²) in [6, 6.07) is 13.9. The van der Waals surface area contributed by atoms with Gasteiger partial charge < -0.3 is 9.72 Å². The number of aromatic amines is 1. The van der Waals surface area contributed by atoms with Crippen LogP contribution in [0, 0.1) is 0 Å². The van der Waals surface area contributed by atoms with Crippen LogP contribution in [0.15, 0.2) is 52.6 Å². The maximum atomic E-state index is 13.0. The molecule has 0 saturated heterocycles. The first-order chi connectivity index (χ1) is 15.1. The van der Waals surface area contributed by atoms with Crippen LogP contribution in [-0.4, -0.2) is 28.0 Å². The van der Waals surface area contributed by atoms with Crippen LogP contribution in [0.2, 0.25) is 5.02 Å². The molecule has 0 fully saturated rings. The molecule has 0 amide bonds. The van der Waals surface area contributed by atoms with Crippen LogP contribution in [0.5, 0.6) is 5.75 Å². The number of hydrogen-bond acceptors (Lipinski definition) is 5. The Morgan fingerprint density at radius 3 is 2.90 bits per heavy atom. The summed E-state index contributed by atoms with van der Waals surface area (Å²) < 4.78 is 5.65. The summed E-state index contributed by atoms with van der Waals surface area (Å²) in [5, 5.41) is 3.20. The summed E-state index contributed by atoms with van der Waals surface area (Å²) in [5.74, 6) is 1.59. The zero-order chi connectivity index (χ0) is 21.4. The Labute approximate surface area is 189 Å². The van der Waals surface area contributed by atoms with E-state index >= 15 is 0 Å². The summed E-state index contributed by atoms with van der Waals surface area (Å²) in [6.45, 7) is 4.99. The minimum atomic E-state index is -0.118. The predicted octanol–water partition coefficient (Wildman–Crippen LogP) is 5.26. The fourth-order valence-corrected chi connectivity index (χ4v) is 5.34. The van der Waals surface area contributed by atoms with Crippen molar-refractivity contribution in [3.8, 4) is 16.9 Å². The third-order valence-corrected chi connectivity index (χ3v) is 6.81.